The summed E-state index contributed by atoms with van der Waals surface area (Å²) in [7, 11) is 0. The Balaban J connectivity index is 1.83. The molecule has 0 saturated heterocycles. The summed E-state index contributed by atoms with van der Waals surface area (Å²) >= 11 is 5.86. The van der Waals surface area contributed by atoms with Gasteiger partial charge in [0.1, 0.15) is 11.3 Å². The molecule has 1 heterocycles. The smallest absolute Gasteiger partial charge is 0.228 e. The molecule has 5 heteroatoms. The molecule has 3 rings (SSSR count). The van der Waals surface area contributed by atoms with Crippen LogP contribution < -0.4 is 10.1 Å². The lowest BCUT2D eigenvalue weighted by molar-refractivity contribution is -0.115. The van der Waals surface area contributed by atoms with Gasteiger partial charge in [-0.25, -0.2) is 0 Å². The predicted molar refractivity (Wildman–Crippen MR) is 96.7 cm³/mol. The van der Waals surface area contributed by atoms with Crippen LogP contribution >= 0.6 is 11.6 Å². The number of amides is 1. The van der Waals surface area contributed by atoms with Crippen molar-refractivity contribution >= 4 is 34.1 Å². The van der Waals surface area contributed by atoms with Crippen molar-refractivity contribution in [2.45, 2.75) is 13.3 Å². The van der Waals surface area contributed by atoms with E-state index in [2.05, 4.69) is 10.3 Å². The van der Waals surface area contributed by atoms with Crippen molar-refractivity contribution in [2.75, 3.05) is 11.9 Å². The number of nitrogens with one attached hydrogen (secondary N) is 1. The topological polar surface area (TPSA) is 51.2 Å². The van der Waals surface area contributed by atoms with Gasteiger partial charge >= 0.3 is 0 Å². The number of halogens is 1. The van der Waals surface area contributed by atoms with Gasteiger partial charge in [0.05, 0.1) is 18.7 Å². The third kappa shape index (κ3) is 3.66. The average molecular weight is 341 g/mol. The Hall–Kier alpha value is -2.59. The van der Waals surface area contributed by atoms with Crippen LogP contribution in [0.4, 0.5) is 5.69 Å². The quantitative estimate of drug-likeness (QED) is 0.745. The number of hydrogen-bond donors (Lipinski definition) is 1. The van der Waals surface area contributed by atoms with Crippen molar-refractivity contribution in [3.63, 3.8) is 0 Å². The minimum Gasteiger partial charge on any atom is -0.492 e. The van der Waals surface area contributed by atoms with Gasteiger partial charge in [-0.3, -0.25) is 9.78 Å². The molecule has 3 aromatic rings. The van der Waals surface area contributed by atoms with Crippen LogP contribution in [-0.2, 0) is 11.2 Å². The second kappa shape index (κ2) is 7.32. The SMILES string of the molecule is CCOc1ccc(NC(=O)Cc2ccc(Cl)cc2)c2cccnc12. The summed E-state index contributed by atoms with van der Waals surface area (Å²) in [5.41, 5.74) is 2.37. The molecule has 0 unspecified atom stereocenters. The molecule has 2 aromatic carbocycles. The minimum atomic E-state index is -0.0911. The van der Waals surface area contributed by atoms with E-state index in [-0.39, 0.29) is 12.3 Å². The number of anilines is 1. The van der Waals surface area contributed by atoms with Gasteiger partial charge in [-0.05, 0) is 48.9 Å². The van der Waals surface area contributed by atoms with Crippen LogP contribution in [0.1, 0.15) is 12.5 Å². The fourth-order valence-corrected chi connectivity index (χ4v) is 2.64. The van der Waals surface area contributed by atoms with Crippen LogP contribution in [0.3, 0.4) is 0 Å². The summed E-state index contributed by atoms with van der Waals surface area (Å²) in [6.45, 7) is 2.49. The highest BCUT2D eigenvalue weighted by Crippen LogP contribution is 2.30. The molecular formula is C19H17ClN2O2. The average Bonchev–Trinajstić information content (AvgIpc) is 2.59. The number of carbonyl (C=O) groups excluding carboxylic acids is 1. The van der Waals surface area contributed by atoms with Crippen molar-refractivity contribution in [1.29, 1.82) is 0 Å². The Morgan fingerprint density at radius 2 is 1.96 bits per heavy atom. The highest BCUT2D eigenvalue weighted by Gasteiger charge is 2.11. The predicted octanol–water partition coefficient (Wildman–Crippen LogP) is 4.47. The zero-order valence-electron chi connectivity index (χ0n) is 13.3. The first-order valence-electron chi connectivity index (χ1n) is 7.72. The highest BCUT2D eigenvalue weighted by atomic mass is 35.5. The number of pyridine rings is 1. The maximum Gasteiger partial charge on any atom is 0.228 e. The zero-order valence-corrected chi connectivity index (χ0v) is 14.0. The van der Waals surface area contributed by atoms with E-state index in [0.717, 1.165) is 22.2 Å². The molecule has 1 amide bonds. The molecular weight excluding hydrogens is 324 g/mol. The van der Waals surface area contributed by atoms with Crippen molar-refractivity contribution in [1.82, 2.24) is 4.98 Å². The molecule has 1 aromatic heterocycles. The summed E-state index contributed by atoms with van der Waals surface area (Å²) in [6, 6.07) is 14.7. The van der Waals surface area contributed by atoms with Crippen LogP contribution in [0.25, 0.3) is 10.9 Å². The lowest BCUT2D eigenvalue weighted by atomic mass is 10.1. The van der Waals surface area contributed by atoms with Gasteiger partial charge in [-0.15, -0.1) is 0 Å². The van der Waals surface area contributed by atoms with E-state index in [4.69, 9.17) is 16.3 Å². The molecule has 0 aliphatic heterocycles. The summed E-state index contributed by atoms with van der Waals surface area (Å²) in [5.74, 6) is 0.621. The molecule has 4 nitrogen and oxygen atoms in total. The second-order valence-corrected chi connectivity index (χ2v) is 5.73. The van der Waals surface area contributed by atoms with E-state index < -0.39 is 0 Å². The molecule has 0 aliphatic carbocycles. The standard InChI is InChI=1S/C19H17ClN2O2/c1-2-24-17-10-9-16(15-4-3-11-21-19(15)17)22-18(23)12-13-5-7-14(20)8-6-13/h3-11H,2,12H2,1H3,(H,22,23). The lowest BCUT2D eigenvalue weighted by Crippen LogP contribution is -2.14. The van der Waals surface area contributed by atoms with Crippen molar-refractivity contribution < 1.29 is 9.53 Å². The number of benzene rings is 2. The summed E-state index contributed by atoms with van der Waals surface area (Å²) in [6.07, 6.45) is 2.00. The number of rotatable bonds is 5. The van der Waals surface area contributed by atoms with Crippen molar-refractivity contribution in [3.8, 4) is 5.75 Å². The molecule has 0 atom stereocenters. The van der Waals surface area contributed by atoms with E-state index in [1.54, 1.807) is 18.3 Å². The lowest BCUT2D eigenvalue weighted by Gasteiger charge is -2.12. The third-order valence-corrected chi connectivity index (χ3v) is 3.84. The zero-order chi connectivity index (χ0) is 16.9. The number of fused-ring (bicyclic) bond motifs is 1. The third-order valence-electron chi connectivity index (χ3n) is 3.58. The number of ether oxygens (including phenoxy) is 1. The van der Waals surface area contributed by atoms with Crippen LogP contribution in [0, 0.1) is 0 Å². The number of nitrogens with zero attached hydrogens (tertiary/aromatic N) is 1. The maximum atomic E-state index is 12.3. The summed E-state index contributed by atoms with van der Waals surface area (Å²) < 4.78 is 5.60. The van der Waals surface area contributed by atoms with Crippen LogP contribution in [0.5, 0.6) is 5.75 Å². The highest BCUT2D eigenvalue weighted by molar-refractivity contribution is 6.30. The molecule has 0 radical (unpaired) electrons. The number of carbonyl (C=O) groups is 1. The Morgan fingerprint density at radius 3 is 2.71 bits per heavy atom. The Morgan fingerprint density at radius 1 is 1.17 bits per heavy atom. The molecule has 0 fully saturated rings. The van der Waals surface area contributed by atoms with Gasteiger partial charge in [0.2, 0.25) is 5.91 Å². The van der Waals surface area contributed by atoms with E-state index in [0.29, 0.717) is 17.4 Å². The van der Waals surface area contributed by atoms with Crippen LogP contribution in [-0.4, -0.2) is 17.5 Å². The van der Waals surface area contributed by atoms with Gasteiger partial charge in [0.15, 0.2) is 0 Å². The van der Waals surface area contributed by atoms with Gasteiger partial charge in [0, 0.05) is 16.6 Å². The Bertz CT molecular complexity index is 863. The van der Waals surface area contributed by atoms with E-state index in [1.165, 1.54) is 0 Å². The normalized spacial score (nSPS) is 10.6. The first-order chi connectivity index (χ1) is 11.7. The first kappa shape index (κ1) is 16.3. The first-order valence-corrected chi connectivity index (χ1v) is 8.10. The van der Waals surface area contributed by atoms with Crippen molar-refractivity contribution in [2.24, 2.45) is 0 Å². The fourth-order valence-electron chi connectivity index (χ4n) is 2.51. The largest absolute Gasteiger partial charge is 0.492 e. The summed E-state index contributed by atoms with van der Waals surface area (Å²) in [5, 5.41) is 4.46. The maximum absolute atomic E-state index is 12.3. The number of hydrogen-bond acceptors (Lipinski definition) is 3. The van der Waals surface area contributed by atoms with Gasteiger partial charge < -0.3 is 10.1 Å². The molecule has 0 aliphatic rings. The monoisotopic (exact) mass is 340 g/mol. The second-order valence-electron chi connectivity index (χ2n) is 5.30. The molecule has 0 spiro atoms. The van der Waals surface area contributed by atoms with E-state index in [1.807, 2.05) is 43.3 Å². The summed E-state index contributed by atoms with van der Waals surface area (Å²) in [4.78, 5) is 16.7. The molecule has 24 heavy (non-hydrogen) atoms. The molecule has 122 valence electrons. The van der Waals surface area contributed by atoms with Gasteiger partial charge in [0.25, 0.3) is 0 Å². The van der Waals surface area contributed by atoms with Gasteiger partial charge in [-0.2, -0.15) is 0 Å². The minimum absolute atomic E-state index is 0.0911. The van der Waals surface area contributed by atoms with E-state index >= 15 is 0 Å². The van der Waals surface area contributed by atoms with Crippen LogP contribution in [0.15, 0.2) is 54.7 Å². The van der Waals surface area contributed by atoms with Crippen molar-refractivity contribution in [3.05, 3.63) is 65.3 Å². The number of aromatic nitrogens is 1. The fraction of sp³-hybridized carbons (Fsp3) is 0.158. The Labute approximate surface area is 145 Å². The molecule has 0 saturated carbocycles. The Kier molecular flexibility index (Phi) is 4.96. The van der Waals surface area contributed by atoms with Crippen LogP contribution in [0.2, 0.25) is 5.02 Å². The van der Waals surface area contributed by atoms with E-state index in [9.17, 15) is 4.79 Å². The van der Waals surface area contributed by atoms with Gasteiger partial charge in [-0.1, -0.05) is 23.7 Å². The molecule has 0 bridgehead atoms. The molecule has 1 N–H and O–H groups in total.